The van der Waals surface area contributed by atoms with Gasteiger partial charge in [-0.05, 0) is 50.6 Å². The van der Waals surface area contributed by atoms with E-state index in [1.165, 1.54) is 0 Å². The van der Waals surface area contributed by atoms with Crippen LogP contribution in [0.3, 0.4) is 0 Å². The molecule has 0 aliphatic rings. The molecule has 0 aliphatic carbocycles. The molecule has 0 radical (unpaired) electrons. The highest BCUT2D eigenvalue weighted by molar-refractivity contribution is 7.89. The predicted molar refractivity (Wildman–Crippen MR) is 78.8 cm³/mol. The first kappa shape index (κ1) is 16.1. The molecular weight excluding hydrogens is 260 g/mol. The van der Waals surface area contributed by atoms with Crippen LogP contribution < -0.4 is 10.0 Å². The minimum atomic E-state index is -3.38. The maximum Gasteiger partial charge on any atom is 0.240 e. The zero-order valence-electron chi connectivity index (χ0n) is 11.9. The molecule has 108 valence electrons. The molecule has 1 aromatic carbocycles. The molecule has 1 atom stereocenters. The van der Waals surface area contributed by atoms with Crippen LogP contribution in [0.2, 0.25) is 0 Å². The standard InChI is InChI=1S/C14H24N2O2S/c1-4-12(3)16-19(17,18)14-8-6-13(7-9-14)10-11-15-5-2/h6-9,12,15-16H,4-5,10-11H2,1-3H3. The van der Waals surface area contributed by atoms with Gasteiger partial charge in [0.15, 0.2) is 0 Å². The maximum absolute atomic E-state index is 12.0. The molecule has 1 aromatic rings. The minimum Gasteiger partial charge on any atom is -0.317 e. The van der Waals surface area contributed by atoms with Gasteiger partial charge in [0.25, 0.3) is 0 Å². The molecule has 4 nitrogen and oxygen atoms in total. The van der Waals surface area contributed by atoms with E-state index in [1.807, 2.05) is 26.0 Å². The summed E-state index contributed by atoms with van der Waals surface area (Å²) in [6, 6.07) is 7.06. The molecule has 1 unspecified atom stereocenters. The highest BCUT2D eigenvalue weighted by Gasteiger charge is 2.15. The van der Waals surface area contributed by atoms with Crippen molar-refractivity contribution in [2.75, 3.05) is 13.1 Å². The third-order valence-electron chi connectivity index (χ3n) is 3.04. The van der Waals surface area contributed by atoms with Gasteiger partial charge in [-0.2, -0.15) is 0 Å². The number of likely N-dealkylation sites (N-methyl/N-ethyl adjacent to an activating group) is 1. The lowest BCUT2D eigenvalue weighted by Crippen LogP contribution is -2.31. The fourth-order valence-corrected chi connectivity index (χ4v) is 2.99. The lowest BCUT2D eigenvalue weighted by molar-refractivity contribution is 0.556. The van der Waals surface area contributed by atoms with E-state index in [-0.39, 0.29) is 6.04 Å². The van der Waals surface area contributed by atoms with Gasteiger partial charge in [0.1, 0.15) is 0 Å². The highest BCUT2D eigenvalue weighted by atomic mass is 32.2. The van der Waals surface area contributed by atoms with E-state index < -0.39 is 10.0 Å². The summed E-state index contributed by atoms with van der Waals surface area (Å²) < 4.78 is 26.8. The smallest absolute Gasteiger partial charge is 0.240 e. The van der Waals surface area contributed by atoms with Crippen LogP contribution >= 0.6 is 0 Å². The Labute approximate surface area is 116 Å². The molecule has 0 aromatic heterocycles. The summed E-state index contributed by atoms with van der Waals surface area (Å²) in [5.74, 6) is 0. The summed E-state index contributed by atoms with van der Waals surface area (Å²) in [5.41, 5.74) is 1.14. The average Bonchev–Trinajstić information content (AvgIpc) is 2.39. The molecule has 5 heteroatoms. The molecular formula is C14H24N2O2S. The van der Waals surface area contributed by atoms with Gasteiger partial charge in [0.2, 0.25) is 10.0 Å². The molecule has 0 saturated carbocycles. The number of sulfonamides is 1. The van der Waals surface area contributed by atoms with E-state index in [0.29, 0.717) is 4.90 Å². The normalized spacial score (nSPS) is 13.4. The summed E-state index contributed by atoms with van der Waals surface area (Å²) in [4.78, 5) is 0.333. The van der Waals surface area contributed by atoms with Gasteiger partial charge in [-0.15, -0.1) is 0 Å². The Morgan fingerprint density at radius 3 is 2.32 bits per heavy atom. The van der Waals surface area contributed by atoms with Gasteiger partial charge in [-0.25, -0.2) is 13.1 Å². The lowest BCUT2D eigenvalue weighted by Gasteiger charge is -2.12. The number of hydrogen-bond donors (Lipinski definition) is 2. The van der Waals surface area contributed by atoms with Crippen molar-refractivity contribution in [2.24, 2.45) is 0 Å². The van der Waals surface area contributed by atoms with Crippen molar-refractivity contribution >= 4 is 10.0 Å². The molecule has 0 spiro atoms. The zero-order chi connectivity index (χ0) is 14.3. The molecule has 0 aliphatic heterocycles. The van der Waals surface area contributed by atoms with Crippen LogP contribution in [0.1, 0.15) is 32.8 Å². The van der Waals surface area contributed by atoms with Gasteiger partial charge < -0.3 is 5.32 Å². The summed E-state index contributed by atoms with van der Waals surface area (Å²) in [6.07, 6.45) is 1.69. The van der Waals surface area contributed by atoms with Crippen molar-refractivity contribution in [2.45, 2.75) is 44.6 Å². The van der Waals surface area contributed by atoms with E-state index in [4.69, 9.17) is 0 Å². The van der Waals surface area contributed by atoms with Crippen molar-refractivity contribution in [3.8, 4) is 0 Å². The highest BCUT2D eigenvalue weighted by Crippen LogP contribution is 2.11. The molecule has 0 heterocycles. The van der Waals surface area contributed by atoms with Crippen molar-refractivity contribution in [3.63, 3.8) is 0 Å². The van der Waals surface area contributed by atoms with Gasteiger partial charge in [0.05, 0.1) is 4.90 Å². The maximum atomic E-state index is 12.0. The van der Waals surface area contributed by atoms with Crippen LogP contribution in [0.15, 0.2) is 29.2 Å². The van der Waals surface area contributed by atoms with Gasteiger partial charge >= 0.3 is 0 Å². The Morgan fingerprint density at radius 2 is 1.79 bits per heavy atom. The van der Waals surface area contributed by atoms with Crippen molar-refractivity contribution < 1.29 is 8.42 Å². The van der Waals surface area contributed by atoms with E-state index in [0.717, 1.165) is 31.5 Å². The lowest BCUT2D eigenvalue weighted by atomic mass is 10.1. The largest absolute Gasteiger partial charge is 0.317 e. The fraction of sp³-hybridized carbons (Fsp3) is 0.571. The Morgan fingerprint density at radius 1 is 1.16 bits per heavy atom. The topological polar surface area (TPSA) is 58.2 Å². The number of benzene rings is 1. The summed E-state index contributed by atoms with van der Waals surface area (Å²) in [7, 11) is -3.38. The molecule has 2 N–H and O–H groups in total. The third-order valence-corrected chi connectivity index (χ3v) is 4.65. The van der Waals surface area contributed by atoms with Gasteiger partial charge in [-0.1, -0.05) is 26.0 Å². The Balaban J connectivity index is 2.69. The van der Waals surface area contributed by atoms with Crippen molar-refractivity contribution in [1.82, 2.24) is 10.0 Å². The van der Waals surface area contributed by atoms with Crippen LogP contribution in [0, 0.1) is 0 Å². The Bertz CT molecular complexity index is 469. The summed E-state index contributed by atoms with van der Waals surface area (Å²) in [5, 5.41) is 3.24. The van der Waals surface area contributed by atoms with Crippen LogP contribution in [-0.2, 0) is 16.4 Å². The second kappa shape index (κ2) is 7.62. The monoisotopic (exact) mass is 284 g/mol. The SMILES string of the molecule is CCNCCc1ccc(S(=O)(=O)NC(C)CC)cc1. The first-order chi connectivity index (χ1) is 8.99. The number of nitrogens with one attached hydrogen (secondary N) is 2. The Hall–Kier alpha value is -0.910. The fourth-order valence-electron chi connectivity index (χ4n) is 1.66. The van der Waals surface area contributed by atoms with Crippen molar-refractivity contribution in [1.29, 1.82) is 0 Å². The van der Waals surface area contributed by atoms with Gasteiger partial charge in [-0.3, -0.25) is 0 Å². The molecule has 0 bridgehead atoms. The van der Waals surface area contributed by atoms with Crippen molar-refractivity contribution in [3.05, 3.63) is 29.8 Å². The van der Waals surface area contributed by atoms with E-state index in [1.54, 1.807) is 12.1 Å². The van der Waals surface area contributed by atoms with E-state index in [9.17, 15) is 8.42 Å². The predicted octanol–water partition coefficient (Wildman–Crippen LogP) is 1.92. The van der Waals surface area contributed by atoms with E-state index in [2.05, 4.69) is 17.0 Å². The Kier molecular flexibility index (Phi) is 6.48. The average molecular weight is 284 g/mol. The molecule has 19 heavy (non-hydrogen) atoms. The van der Waals surface area contributed by atoms with Crippen LogP contribution in [0.5, 0.6) is 0 Å². The molecule has 0 fully saturated rings. The second-order valence-electron chi connectivity index (χ2n) is 4.68. The molecule has 1 rings (SSSR count). The van der Waals surface area contributed by atoms with Crippen LogP contribution in [0.4, 0.5) is 0 Å². The third kappa shape index (κ3) is 5.30. The van der Waals surface area contributed by atoms with Gasteiger partial charge in [0, 0.05) is 6.04 Å². The minimum absolute atomic E-state index is 0.0431. The molecule has 0 saturated heterocycles. The van der Waals surface area contributed by atoms with E-state index >= 15 is 0 Å². The van der Waals surface area contributed by atoms with Crippen LogP contribution in [-0.4, -0.2) is 27.5 Å². The number of rotatable bonds is 8. The summed E-state index contributed by atoms with van der Waals surface area (Å²) >= 11 is 0. The first-order valence-electron chi connectivity index (χ1n) is 6.81. The molecule has 0 amide bonds. The zero-order valence-corrected chi connectivity index (χ0v) is 12.8. The van der Waals surface area contributed by atoms with Crippen LogP contribution in [0.25, 0.3) is 0 Å². The number of hydrogen-bond acceptors (Lipinski definition) is 3. The summed E-state index contributed by atoms with van der Waals surface area (Å²) in [6.45, 7) is 7.74. The quantitative estimate of drug-likeness (QED) is 0.717. The second-order valence-corrected chi connectivity index (χ2v) is 6.39. The first-order valence-corrected chi connectivity index (χ1v) is 8.30.